The van der Waals surface area contributed by atoms with Gasteiger partial charge in [0.1, 0.15) is 5.82 Å². The summed E-state index contributed by atoms with van der Waals surface area (Å²) in [6.07, 6.45) is 0.404. The standard InChI is InChI=1S/C16H15FO2/c1-11-2-4-12(5-3-11)10-15(16(18)19)13-6-8-14(17)9-7-13/h2-9,15H,10H2,1H3,(H,18,19)/t15-/m0/s1. The van der Waals surface area contributed by atoms with Crippen molar-refractivity contribution in [2.75, 3.05) is 0 Å². The van der Waals surface area contributed by atoms with E-state index in [2.05, 4.69) is 0 Å². The molecule has 0 unspecified atom stereocenters. The number of benzene rings is 2. The molecule has 2 rings (SSSR count). The Labute approximate surface area is 111 Å². The fourth-order valence-corrected chi connectivity index (χ4v) is 2.00. The van der Waals surface area contributed by atoms with Crippen LogP contribution < -0.4 is 0 Å². The third kappa shape index (κ3) is 3.41. The number of aryl methyl sites for hydroxylation is 1. The lowest BCUT2D eigenvalue weighted by Crippen LogP contribution is -2.14. The molecule has 0 aromatic heterocycles. The molecule has 0 heterocycles. The van der Waals surface area contributed by atoms with Gasteiger partial charge in [-0.15, -0.1) is 0 Å². The second kappa shape index (κ2) is 5.65. The second-order valence-electron chi connectivity index (χ2n) is 4.63. The van der Waals surface area contributed by atoms with Crippen LogP contribution in [0.5, 0.6) is 0 Å². The van der Waals surface area contributed by atoms with Crippen molar-refractivity contribution in [3.8, 4) is 0 Å². The number of rotatable bonds is 4. The zero-order valence-electron chi connectivity index (χ0n) is 10.6. The van der Waals surface area contributed by atoms with Crippen LogP contribution in [0.15, 0.2) is 48.5 Å². The van der Waals surface area contributed by atoms with Crippen molar-refractivity contribution in [1.82, 2.24) is 0 Å². The van der Waals surface area contributed by atoms with E-state index < -0.39 is 11.9 Å². The summed E-state index contributed by atoms with van der Waals surface area (Å²) in [5.74, 6) is -1.90. The van der Waals surface area contributed by atoms with Crippen molar-refractivity contribution in [1.29, 1.82) is 0 Å². The monoisotopic (exact) mass is 258 g/mol. The van der Waals surface area contributed by atoms with Crippen molar-refractivity contribution in [3.63, 3.8) is 0 Å². The van der Waals surface area contributed by atoms with E-state index in [4.69, 9.17) is 0 Å². The zero-order valence-corrected chi connectivity index (χ0v) is 10.6. The minimum atomic E-state index is -0.896. The first-order valence-electron chi connectivity index (χ1n) is 6.10. The first-order chi connectivity index (χ1) is 9.06. The summed E-state index contributed by atoms with van der Waals surface area (Å²) in [5.41, 5.74) is 2.72. The van der Waals surface area contributed by atoms with Gasteiger partial charge in [-0.3, -0.25) is 4.79 Å². The predicted molar refractivity (Wildman–Crippen MR) is 71.7 cm³/mol. The van der Waals surface area contributed by atoms with Gasteiger partial charge < -0.3 is 5.11 Å². The van der Waals surface area contributed by atoms with Crippen LogP contribution in [0.3, 0.4) is 0 Å². The molecule has 0 bridgehead atoms. The van der Waals surface area contributed by atoms with E-state index in [0.29, 0.717) is 12.0 Å². The Morgan fingerprint density at radius 3 is 2.21 bits per heavy atom. The first-order valence-corrected chi connectivity index (χ1v) is 6.10. The van der Waals surface area contributed by atoms with Crippen LogP contribution in [0, 0.1) is 12.7 Å². The van der Waals surface area contributed by atoms with Crippen LogP contribution in [0.4, 0.5) is 4.39 Å². The molecule has 98 valence electrons. The Hall–Kier alpha value is -2.16. The van der Waals surface area contributed by atoms with E-state index in [0.717, 1.165) is 11.1 Å². The number of hydrogen-bond acceptors (Lipinski definition) is 1. The van der Waals surface area contributed by atoms with Crippen molar-refractivity contribution >= 4 is 5.97 Å². The molecule has 1 atom stereocenters. The Morgan fingerprint density at radius 2 is 1.68 bits per heavy atom. The summed E-state index contributed by atoms with van der Waals surface area (Å²) in [6, 6.07) is 13.4. The molecule has 0 spiro atoms. The normalized spacial score (nSPS) is 12.1. The van der Waals surface area contributed by atoms with Crippen molar-refractivity contribution in [2.45, 2.75) is 19.3 Å². The number of halogens is 1. The molecule has 2 nitrogen and oxygen atoms in total. The van der Waals surface area contributed by atoms with Gasteiger partial charge in [0.05, 0.1) is 5.92 Å². The lowest BCUT2D eigenvalue weighted by atomic mass is 9.92. The molecule has 0 saturated carbocycles. The molecule has 0 fully saturated rings. The lowest BCUT2D eigenvalue weighted by Gasteiger charge is -2.13. The molecule has 19 heavy (non-hydrogen) atoms. The Balaban J connectivity index is 2.23. The Morgan fingerprint density at radius 1 is 1.11 bits per heavy atom. The molecule has 0 saturated heterocycles. The molecule has 2 aromatic carbocycles. The molecule has 1 N–H and O–H groups in total. The van der Waals surface area contributed by atoms with Gasteiger partial charge in [0.2, 0.25) is 0 Å². The number of carboxylic acids is 1. The Bertz CT molecular complexity index is 558. The van der Waals surface area contributed by atoms with Crippen LogP contribution in [-0.4, -0.2) is 11.1 Å². The third-order valence-electron chi connectivity index (χ3n) is 3.13. The first kappa shape index (κ1) is 13.3. The van der Waals surface area contributed by atoms with Gasteiger partial charge in [-0.2, -0.15) is 0 Å². The second-order valence-corrected chi connectivity index (χ2v) is 4.63. The summed E-state index contributed by atoms with van der Waals surface area (Å²) in [6.45, 7) is 1.98. The van der Waals surface area contributed by atoms with Gasteiger partial charge in [-0.25, -0.2) is 4.39 Å². The zero-order chi connectivity index (χ0) is 13.8. The Kier molecular flexibility index (Phi) is 3.95. The number of carbonyl (C=O) groups is 1. The average molecular weight is 258 g/mol. The maximum absolute atomic E-state index is 12.9. The highest BCUT2D eigenvalue weighted by Gasteiger charge is 2.20. The summed E-state index contributed by atoms with van der Waals surface area (Å²) < 4.78 is 12.9. The fraction of sp³-hybridized carbons (Fsp3) is 0.188. The van der Waals surface area contributed by atoms with Gasteiger partial charge >= 0.3 is 5.97 Å². The highest BCUT2D eigenvalue weighted by molar-refractivity contribution is 5.76. The minimum absolute atomic E-state index is 0.358. The summed E-state index contributed by atoms with van der Waals surface area (Å²) in [4.78, 5) is 11.4. The maximum atomic E-state index is 12.9. The molecule has 0 aliphatic carbocycles. The quantitative estimate of drug-likeness (QED) is 0.910. The van der Waals surface area contributed by atoms with E-state index in [1.165, 1.54) is 24.3 Å². The van der Waals surface area contributed by atoms with Crippen molar-refractivity contribution in [3.05, 3.63) is 71.0 Å². The van der Waals surface area contributed by atoms with Gasteiger partial charge in [0, 0.05) is 0 Å². The van der Waals surface area contributed by atoms with Crippen molar-refractivity contribution < 1.29 is 14.3 Å². The van der Waals surface area contributed by atoms with Gasteiger partial charge in [-0.05, 0) is 36.6 Å². The van der Waals surface area contributed by atoms with Gasteiger partial charge in [0.15, 0.2) is 0 Å². The molecule has 3 heteroatoms. The molecule has 2 aromatic rings. The van der Waals surface area contributed by atoms with E-state index in [-0.39, 0.29) is 5.82 Å². The number of carboxylic acid groups (broad SMARTS) is 1. The molecule has 0 radical (unpaired) electrons. The SMILES string of the molecule is Cc1ccc(C[C@H](C(=O)O)c2ccc(F)cc2)cc1. The molecular weight excluding hydrogens is 243 g/mol. The molecule has 0 amide bonds. The van der Waals surface area contributed by atoms with Crippen molar-refractivity contribution in [2.24, 2.45) is 0 Å². The summed E-state index contributed by atoms with van der Waals surface area (Å²) in [5, 5.41) is 9.32. The van der Waals surface area contributed by atoms with E-state index >= 15 is 0 Å². The minimum Gasteiger partial charge on any atom is -0.481 e. The van der Waals surface area contributed by atoms with Crippen LogP contribution in [0.1, 0.15) is 22.6 Å². The average Bonchev–Trinajstić information content (AvgIpc) is 2.39. The van der Waals surface area contributed by atoms with Crippen LogP contribution in [0.25, 0.3) is 0 Å². The van der Waals surface area contributed by atoms with E-state index in [1.54, 1.807) is 0 Å². The van der Waals surface area contributed by atoms with Gasteiger partial charge in [-0.1, -0.05) is 42.0 Å². The number of aliphatic carboxylic acids is 1. The van der Waals surface area contributed by atoms with E-state index in [1.807, 2.05) is 31.2 Å². The predicted octanol–water partition coefficient (Wildman–Crippen LogP) is 3.55. The third-order valence-corrected chi connectivity index (χ3v) is 3.13. The van der Waals surface area contributed by atoms with Crippen LogP contribution in [0.2, 0.25) is 0 Å². The number of hydrogen-bond donors (Lipinski definition) is 1. The summed E-state index contributed by atoms with van der Waals surface area (Å²) in [7, 11) is 0. The molecular formula is C16H15FO2. The topological polar surface area (TPSA) is 37.3 Å². The molecule has 0 aliphatic heterocycles. The highest BCUT2D eigenvalue weighted by Crippen LogP contribution is 2.22. The van der Waals surface area contributed by atoms with Gasteiger partial charge in [0.25, 0.3) is 0 Å². The summed E-state index contributed by atoms with van der Waals surface area (Å²) >= 11 is 0. The largest absolute Gasteiger partial charge is 0.481 e. The molecule has 0 aliphatic rings. The van der Waals surface area contributed by atoms with Crippen LogP contribution >= 0.6 is 0 Å². The smallest absolute Gasteiger partial charge is 0.311 e. The maximum Gasteiger partial charge on any atom is 0.311 e. The fourth-order valence-electron chi connectivity index (χ4n) is 2.00. The van der Waals surface area contributed by atoms with Crippen LogP contribution in [-0.2, 0) is 11.2 Å². The highest BCUT2D eigenvalue weighted by atomic mass is 19.1. The van der Waals surface area contributed by atoms with E-state index in [9.17, 15) is 14.3 Å². The lowest BCUT2D eigenvalue weighted by molar-refractivity contribution is -0.138.